The Balaban J connectivity index is 1.32. The van der Waals surface area contributed by atoms with Crippen LogP contribution in [0.3, 0.4) is 0 Å². The Kier molecular flexibility index (Phi) is 6.70. The van der Waals surface area contributed by atoms with Gasteiger partial charge < -0.3 is 0 Å². The molecule has 0 saturated carbocycles. The first-order chi connectivity index (χ1) is 22.7. The monoisotopic (exact) mass is 607 g/mol. The van der Waals surface area contributed by atoms with Crippen molar-refractivity contribution in [3.05, 3.63) is 161 Å². The quantitative estimate of drug-likeness (QED) is 0.201. The van der Waals surface area contributed by atoms with E-state index in [2.05, 4.69) is 156 Å². The van der Waals surface area contributed by atoms with Gasteiger partial charge in [0, 0.05) is 27.5 Å². The van der Waals surface area contributed by atoms with Crippen LogP contribution < -0.4 is 0 Å². The van der Waals surface area contributed by atoms with Gasteiger partial charge in [0.25, 0.3) is 0 Å². The number of benzene rings is 4. The molecule has 0 radical (unpaired) electrons. The minimum absolute atomic E-state index is 0.120. The summed E-state index contributed by atoms with van der Waals surface area (Å²) in [6.07, 6.45) is 0. The molecule has 0 saturated heterocycles. The summed E-state index contributed by atoms with van der Waals surface area (Å²) >= 11 is 0. The van der Waals surface area contributed by atoms with E-state index in [1.807, 2.05) is 12.1 Å². The molecule has 0 fully saturated rings. The summed E-state index contributed by atoms with van der Waals surface area (Å²) in [6, 6.07) is 47.4. The lowest BCUT2D eigenvalue weighted by molar-refractivity contribution is 0.660. The molecule has 5 aromatic carbocycles. The number of rotatable bonds is 3. The molecular weight excluding hydrogens is 571 g/mol. The third-order valence-electron chi connectivity index (χ3n) is 10.1. The molecule has 1 heterocycles. The molecule has 0 bridgehead atoms. The third-order valence-corrected chi connectivity index (χ3v) is 10.1. The molecule has 228 valence electrons. The average Bonchev–Trinajstić information content (AvgIpc) is 3.46. The van der Waals surface area contributed by atoms with E-state index in [4.69, 9.17) is 15.0 Å². The van der Waals surface area contributed by atoms with Crippen molar-refractivity contribution in [1.29, 1.82) is 0 Å². The molecule has 8 rings (SSSR count). The fraction of sp³-hybridized carbons (Fsp3) is 0.159. The molecule has 0 unspecified atom stereocenters. The molecule has 0 amide bonds. The van der Waals surface area contributed by atoms with Crippen LogP contribution in [0.25, 0.3) is 56.4 Å². The first-order valence-corrected chi connectivity index (χ1v) is 16.4. The van der Waals surface area contributed by atoms with E-state index in [1.165, 1.54) is 50.1 Å². The van der Waals surface area contributed by atoms with Crippen LogP contribution in [0.5, 0.6) is 0 Å². The first kappa shape index (κ1) is 29.0. The maximum atomic E-state index is 5.19. The van der Waals surface area contributed by atoms with Crippen LogP contribution in [0.4, 0.5) is 0 Å². The number of aryl methyl sites for hydroxylation is 1. The molecular formula is C44H37N3. The van der Waals surface area contributed by atoms with E-state index in [9.17, 15) is 0 Å². The minimum Gasteiger partial charge on any atom is -0.208 e. The van der Waals surface area contributed by atoms with Crippen molar-refractivity contribution >= 4 is 0 Å². The molecule has 3 heteroatoms. The van der Waals surface area contributed by atoms with Crippen molar-refractivity contribution in [1.82, 2.24) is 15.0 Å². The zero-order chi connectivity index (χ0) is 32.3. The predicted molar refractivity (Wildman–Crippen MR) is 194 cm³/mol. The van der Waals surface area contributed by atoms with Crippen molar-refractivity contribution in [2.45, 2.75) is 45.4 Å². The lowest BCUT2D eigenvalue weighted by Crippen LogP contribution is -2.15. The maximum absolute atomic E-state index is 5.19. The predicted octanol–water partition coefficient (Wildman–Crippen LogP) is 10.9. The Hall–Kier alpha value is -5.41. The van der Waals surface area contributed by atoms with Crippen LogP contribution in [0.2, 0.25) is 0 Å². The van der Waals surface area contributed by atoms with Gasteiger partial charge in [-0.3, -0.25) is 0 Å². The zero-order valence-electron chi connectivity index (χ0n) is 27.5. The normalized spacial score (nSPS) is 14.4. The van der Waals surface area contributed by atoms with E-state index in [0.717, 1.165) is 16.7 Å². The standard InChI is InChI=1S/C44H37N3/c1-28-14-7-6-8-16-29(17-13-15-28)40-45-41(30-22-24-34-32-18-9-11-20-36(32)43(2,3)38(34)26-30)47-42(46-40)31-23-25-35-33-19-10-12-21-37(33)44(4,5)39(35)27-31/h6-27H,1-5H3. The number of nitrogens with zero attached hydrogens (tertiary/aromatic N) is 3. The van der Waals surface area contributed by atoms with E-state index in [1.54, 1.807) is 0 Å². The summed E-state index contributed by atoms with van der Waals surface area (Å²) in [6.45, 7) is 11.3. The second-order valence-electron chi connectivity index (χ2n) is 13.8. The highest BCUT2D eigenvalue weighted by molar-refractivity contribution is 5.84. The summed E-state index contributed by atoms with van der Waals surface area (Å²) in [5, 5.41) is 0. The highest BCUT2D eigenvalue weighted by Crippen LogP contribution is 2.50. The molecule has 0 N–H and O–H groups in total. The molecule has 0 aliphatic heterocycles. The van der Waals surface area contributed by atoms with Gasteiger partial charge in [0.1, 0.15) is 0 Å². The van der Waals surface area contributed by atoms with Gasteiger partial charge in [-0.2, -0.15) is 0 Å². The van der Waals surface area contributed by atoms with E-state index in [-0.39, 0.29) is 10.8 Å². The zero-order valence-corrected chi connectivity index (χ0v) is 27.5. The molecule has 0 spiro atoms. The van der Waals surface area contributed by atoms with Gasteiger partial charge in [0.05, 0.1) is 0 Å². The van der Waals surface area contributed by atoms with Crippen LogP contribution in [0.15, 0.2) is 133 Å². The summed E-state index contributed by atoms with van der Waals surface area (Å²) < 4.78 is 0. The third kappa shape index (κ3) is 4.77. The van der Waals surface area contributed by atoms with Gasteiger partial charge in [-0.05, 0) is 63.6 Å². The first-order valence-electron chi connectivity index (χ1n) is 16.4. The summed E-state index contributed by atoms with van der Waals surface area (Å²) in [4.78, 5) is 15.5. The van der Waals surface area contributed by atoms with Crippen molar-refractivity contribution < 1.29 is 0 Å². The van der Waals surface area contributed by atoms with Gasteiger partial charge >= 0.3 is 0 Å². The number of aromatic nitrogens is 3. The van der Waals surface area contributed by atoms with E-state index >= 15 is 0 Å². The Morgan fingerprint density at radius 3 is 1.32 bits per heavy atom. The fourth-order valence-electron chi connectivity index (χ4n) is 7.44. The molecule has 47 heavy (non-hydrogen) atoms. The van der Waals surface area contributed by atoms with E-state index in [0.29, 0.717) is 17.5 Å². The lowest BCUT2D eigenvalue weighted by atomic mass is 9.82. The van der Waals surface area contributed by atoms with Crippen LogP contribution in [-0.4, -0.2) is 15.0 Å². The molecule has 3 nitrogen and oxygen atoms in total. The van der Waals surface area contributed by atoms with Crippen LogP contribution in [0.1, 0.15) is 55.5 Å². The summed E-state index contributed by atoms with van der Waals surface area (Å²) in [5.74, 6) is 1.99. The van der Waals surface area contributed by atoms with Crippen molar-refractivity contribution in [2.24, 2.45) is 0 Å². The fourth-order valence-corrected chi connectivity index (χ4v) is 7.44. The maximum Gasteiger partial charge on any atom is 0.164 e. The highest BCUT2D eigenvalue weighted by Gasteiger charge is 2.36. The van der Waals surface area contributed by atoms with Gasteiger partial charge in [-0.1, -0.05) is 155 Å². The molecule has 6 aromatic rings. The van der Waals surface area contributed by atoms with E-state index < -0.39 is 0 Å². The average molecular weight is 608 g/mol. The Bertz CT molecular complexity index is 2150. The summed E-state index contributed by atoms with van der Waals surface area (Å²) in [5.41, 5.74) is 14.3. The molecule has 0 atom stereocenters. The second-order valence-corrected chi connectivity index (χ2v) is 13.8. The summed E-state index contributed by atoms with van der Waals surface area (Å²) in [7, 11) is 0. The SMILES string of the molecule is Cc1cccccc(-c2nc(-c3ccc4c(c3)C(C)(C)c3ccccc3-4)nc(-c3ccc4c(c3)C(C)(C)c3ccccc3-4)n2)ccc1. The Morgan fingerprint density at radius 1 is 0.362 bits per heavy atom. The smallest absolute Gasteiger partial charge is 0.164 e. The number of hydrogen-bond donors (Lipinski definition) is 0. The van der Waals surface area contributed by atoms with Gasteiger partial charge in [-0.15, -0.1) is 0 Å². The topological polar surface area (TPSA) is 38.7 Å². The minimum atomic E-state index is -0.120. The van der Waals surface area contributed by atoms with Crippen molar-refractivity contribution in [3.63, 3.8) is 0 Å². The van der Waals surface area contributed by atoms with Gasteiger partial charge in [0.2, 0.25) is 0 Å². The molecule has 2 aliphatic carbocycles. The largest absolute Gasteiger partial charge is 0.208 e. The highest BCUT2D eigenvalue weighted by atomic mass is 15.0. The number of hydrogen-bond acceptors (Lipinski definition) is 3. The molecule has 2 aliphatic rings. The Labute approximate surface area is 277 Å². The number of fused-ring (bicyclic) bond motifs is 6. The Morgan fingerprint density at radius 2 is 0.766 bits per heavy atom. The second kappa shape index (κ2) is 10.8. The van der Waals surface area contributed by atoms with Gasteiger partial charge in [0.15, 0.2) is 17.5 Å². The lowest BCUT2D eigenvalue weighted by Gasteiger charge is -2.22. The molecule has 1 aromatic heterocycles. The van der Waals surface area contributed by atoms with Crippen LogP contribution >= 0.6 is 0 Å². The van der Waals surface area contributed by atoms with Gasteiger partial charge in [-0.25, -0.2) is 15.0 Å². The van der Waals surface area contributed by atoms with Crippen LogP contribution in [0, 0.1) is 6.92 Å². The van der Waals surface area contributed by atoms with Crippen molar-refractivity contribution in [3.8, 4) is 56.4 Å². The van der Waals surface area contributed by atoms with Crippen LogP contribution in [-0.2, 0) is 10.8 Å². The van der Waals surface area contributed by atoms with Crippen molar-refractivity contribution in [2.75, 3.05) is 0 Å².